The van der Waals surface area contributed by atoms with Crippen LogP contribution in [0, 0.1) is 0 Å². The van der Waals surface area contributed by atoms with Gasteiger partial charge in [0.05, 0.1) is 0 Å². The molecule has 0 atom stereocenters. The highest BCUT2D eigenvalue weighted by Gasteiger charge is 2.11. The SMILES string of the molecule is c1cc2c(cc1CCCc1nn[nH]n1)OCCO2. The molecular formula is C12H14N4O2. The fourth-order valence-electron chi connectivity index (χ4n) is 1.98. The maximum Gasteiger partial charge on any atom is 0.174 e. The normalized spacial score (nSPS) is 13.6. The van der Waals surface area contributed by atoms with E-state index in [1.807, 2.05) is 12.1 Å². The summed E-state index contributed by atoms with van der Waals surface area (Å²) >= 11 is 0. The van der Waals surface area contributed by atoms with E-state index in [4.69, 9.17) is 9.47 Å². The lowest BCUT2D eigenvalue weighted by Crippen LogP contribution is -2.15. The van der Waals surface area contributed by atoms with Crippen molar-refractivity contribution in [3.05, 3.63) is 29.6 Å². The van der Waals surface area contributed by atoms with Gasteiger partial charge in [0.25, 0.3) is 0 Å². The molecule has 0 amide bonds. The summed E-state index contributed by atoms with van der Waals surface area (Å²) in [7, 11) is 0. The van der Waals surface area contributed by atoms with E-state index in [2.05, 4.69) is 26.7 Å². The Hall–Kier alpha value is -2.11. The number of nitrogens with zero attached hydrogens (tertiary/aromatic N) is 3. The van der Waals surface area contributed by atoms with E-state index >= 15 is 0 Å². The largest absolute Gasteiger partial charge is 0.486 e. The van der Waals surface area contributed by atoms with Crippen LogP contribution in [0.3, 0.4) is 0 Å². The van der Waals surface area contributed by atoms with Crippen molar-refractivity contribution in [1.29, 1.82) is 0 Å². The highest BCUT2D eigenvalue weighted by molar-refractivity contribution is 5.43. The second-order valence-electron chi connectivity index (χ2n) is 4.16. The van der Waals surface area contributed by atoms with E-state index in [0.717, 1.165) is 36.6 Å². The third-order valence-electron chi connectivity index (χ3n) is 2.86. The first-order valence-electron chi connectivity index (χ1n) is 6.03. The van der Waals surface area contributed by atoms with Crippen molar-refractivity contribution in [2.75, 3.05) is 13.2 Å². The van der Waals surface area contributed by atoms with Gasteiger partial charge in [-0.3, -0.25) is 0 Å². The van der Waals surface area contributed by atoms with Gasteiger partial charge in [-0.15, -0.1) is 10.2 Å². The van der Waals surface area contributed by atoms with E-state index in [-0.39, 0.29) is 0 Å². The van der Waals surface area contributed by atoms with E-state index in [9.17, 15) is 0 Å². The van der Waals surface area contributed by atoms with Gasteiger partial charge in [-0.25, -0.2) is 0 Å². The summed E-state index contributed by atoms with van der Waals surface area (Å²) in [6.07, 6.45) is 2.77. The zero-order valence-electron chi connectivity index (χ0n) is 9.93. The molecule has 0 fully saturated rings. The molecule has 0 aliphatic carbocycles. The Morgan fingerprint density at radius 1 is 1.11 bits per heavy atom. The van der Waals surface area contributed by atoms with Crippen molar-refractivity contribution in [3.63, 3.8) is 0 Å². The zero-order chi connectivity index (χ0) is 12.2. The molecule has 6 heteroatoms. The number of hydrogen-bond acceptors (Lipinski definition) is 5. The van der Waals surface area contributed by atoms with Crippen molar-refractivity contribution >= 4 is 0 Å². The number of fused-ring (bicyclic) bond motifs is 1. The molecule has 0 saturated heterocycles. The molecule has 1 aromatic carbocycles. The monoisotopic (exact) mass is 246 g/mol. The Balaban J connectivity index is 1.59. The van der Waals surface area contributed by atoms with E-state index in [0.29, 0.717) is 13.2 Å². The van der Waals surface area contributed by atoms with Crippen LogP contribution in [0.15, 0.2) is 18.2 Å². The molecule has 0 bridgehead atoms. The second-order valence-corrected chi connectivity index (χ2v) is 4.16. The number of benzene rings is 1. The summed E-state index contributed by atoms with van der Waals surface area (Å²) in [5.41, 5.74) is 1.24. The minimum Gasteiger partial charge on any atom is -0.486 e. The van der Waals surface area contributed by atoms with Gasteiger partial charge in [0, 0.05) is 6.42 Å². The fraction of sp³-hybridized carbons (Fsp3) is 0.417. The number of tetrazole rings is 1. The number of H-pyrrole nitrogens is 1. The maximum absolute atomic E-state index is 5.55. The first-order chi connectivity index (χ1) is 8.92. The van der Waals surface area contributed by atoms with Gasteiger partial charge in [-0.05, 0) is 30.5 Å². The van der Waals surface area contributed by atoms with Crippen LogP contribution >= 0.6 is 0 Å². The van der Waals surface area contributed by atoms with E-state index in [1.54, 1.807) is 0 Å². The van der Waals surface area contributed by atoms with Crippen molar-refractivity contribution in [2.45, 2.75) is 19.3 Å². The minimum atomic E-state index is 0.624. The molecule has 94 valence electrons. The van der Waals surface area contributed by atoms with Crippen LogP contribution in [0.4, 0.5) is 0 Å². The maximum atomic E-state index is 5.55. The summed E-state index contributed by atoms with van der Waals surface area (Å²) in [5.74, 6) is 2.44. The van der Waals surface area contributed by atoms with Gasteiger partial charge in [0.1, 0.15) is 13.2 Å². The molecule has 0 unspecified atom stereocenters. The fourth-order valence-corrected chi connectivity index (χ4v) is 1.98. The number of hydrogen-bond donors (Lipinski definition) is 1. The Kier molecular flexibility index (Phi) is 3.08. The molecule has 6 nitrogen and oxygen atoms in total. The van der Waals surface area contributed by atoms with Crippen LogP contribution < -0.4 is 9.47 Å². The Labute approximate surface area is 104 Å². The van der Waals surface area contributed by atoms with Crippen LogP contribution in [0.1, 0.15) is 17.8 Å². The average Bonchev–Trinajstić information content (AvgIpc) is 2.92. The Morgan fingerprint density at radius 2 is 2.00 bits per heavy atom. The molecular weight excluding hydrogens is 232 g/mol. The van der Waals surface area contributed by atoms with Gasteiger partial charge in [-0.2, -0.15) is 5.21 Å². The van der Waals surface area contributed by atoms with Crippen molar-refractivity contribution < 1.29 is 9.47 Å². The number of rotatable bonds is 4. The first kappa shape index (κ1) is 11.0. The van der Waals surface area contributed by atoms with E-state index < -0.39 is 0 Å². The van der Waals surface area contributed by atoms with Gasteiger partial charge >= 0.3 is 0 Å². The van der Waals surface area contributed by atoms with Gasteiger partial charge < -0.3 is 9.47 Å². The number of nitrogens with one attached hydrogen (secondary N) is 1. The molecule has 1 aliphatic rings. The molecule has 18 heavy (non-hydrogen) atoms. The lowest BCUT2D eigenvalue weighted by Gasteiger charge is -2.18. The standard InChI is InChI=1S/C12H14N4O2/c1(3-12-13-15-16-14-12)2-9-4-5-10-11(8-9)18-7-6-17-10/h4-5,8H,1-3,6-7H2,(H,13,14,15,16). The van der Waals surface area contributed by atoms with Crippen molar-refractivity contribution in [1.82, 2.24) is 20.6 Å². The quantitative estimate of drug-likeness (QED) is 0.876. The lowest BCUT2D eigenvalue weighted by molar-refractivity contribution is 0.171. The lowest BCUT2D eigenvalue weighted by atomic mass is 10.1. The highest BCUT2D eigenvalue weighted by Crippen LogP contribution is 2.31. The minimum absolute atomic E-state index is 0.624. The molecule has 2 aromatic rings. The van der Waals surface area contributed by atoms with Crippen LogP contribution in [-0.4, -0.2) is 33.8 Å². The van der Waals surface area contributed by atoms with E-state index in [1.165, 1.54) is 5.56 Å². The zero-order valence-corrected chi connectivity index (χ0v) is 9.93. The summed E-state index contributed by atoms with van der Waals surface area (Å²) in [4.78, 5) is 0. The van der Waals surface area contributed by atoms with Gasteiger partial charge in [0.2, 0.25) is 0 Å². The van der Waals surface area contributed by atoms with Crippen LogP contribution in [0.25, 0.3) is 0 Å². The molecule has 1 aliphatic heterocycles. The summed E-state index contributed by atoms with van der Waals surface area (Å²) in [6.45, 7) is 1.25. The molecule has 2 heterocycles. The molecule has 0 saturated carbocycles. The van der Waals surface area contributed by atoms with Gasteiger partial charge in [-0.1, -0.05) is 11.3 Å². The molecule has 0 spiro atoms. The average molecular weight is 246 g/mol. The van der Waals surface area contributed by atoms with Crippen molar-refractivity contribution in [3.8, 4) is 11.5 Å². The molecule has 0 radical (unpaired) electrons. The Bertz CT molecular complexity index is 513. The smallest absolute Gasteiger partial charge is 0.174 e. The third kappa shape index (κ3) is 2.42. The number of ether oxygens (including phenoxy) is 2. The predicted molar refractivity (Wildman–Crippen MR) is 63.6 cm³/mol. The topological polar surface area (TPSA) is 72.9 Å². The summed E-state index contributed by atoms with van der Waals surface area (Å²) < 4.78 is 11.0. The van der Waals surface area contributed by atoms with Crippen LogP contribution in [0.2, 0.25) is 0 Å². The summed E-state index contributed by atoms with van der Waals surface area (Å²) in [5, 5.41) is 13.8. The highest BCUT2D eigenvalue weighted by atomic mass is 16.6. The first-order valence-corrected chi connectivity index (χ1v) is 6.03. The summed E-state index contributed by atoms with van der Waals surface area (Å²) in [6, 6.07) is 6.09. The predicted octanol–water partition coefficient (Wildman–Crippen LogP) is 1.15. The third-order valence-corrected chi connectivity index (χ3v) is 2.86. The van der Waals surface area contributed by atoms with Crippen LogP contribution in [-0.2, 0) is 12.8 Å². The molecule has 1 N–H and O–H groups in total. The second kappa shape index (κ2) is 5.03. The van der Waals surface area contributed by atoms with Crippen molar-refractivity contribution in [2.24, 2.45) is 0 Å². The molecule has 3 rings (SSSR count). The number of aromatic amines is 1. The Morgan fingerprint density at radius 3 is 2.83 bits per heavy atom. The number of aryl methyl sites for hydroxylation is 2. The van der Waals surface area contributed by atoms with Crippen LogP contribution in [0.5, 0.6) is 11.5 Å². The van der Waals surface area contributed by atoms with Gasteiger partial charge in [0.15, 0.2) is 17.3 Å². The number of aromatic nitrogens is 4. The molecule has 1 aromatic heterocycles.